The molecular weight excluding hydrogens is 344 g/mol. The van der Waals surface area contributed by atoms with E-state index in [0.717, 1.165) is 0 Å². The predicted molar refractivity (Wildman–Crippen MR) is 95.0 cm³/mol. The van der Waals surface area contributed by atoms with Gasteiger partial charge in [0.25, 0.3) is 5.95 Å². The minimum atomic E-state index is -0.340. The monoisotopic (exact) mass is 366 g/mol. The molecule has 0 atom stereocenters. The van der Waals surface area contributed by atoms with Crippen LogP contribution in [0.1, 0.15) is 27.7 Å². The summed E-state index contributed by atoms with van der Waals surface area (Å²) in [5, 5.41) is 11.0. The molecular formula is C14H22N8O2S. The molecule has 0 aliphatic heterocycles. The molecule has 10 nitrogen and oxygen atoms in total. The summed E-state index contributed by atoms with van der Waals surface area (Å²) in [5.74, 6) is 1.01. The fraction of sp³-hybridized carbons (Fsp3) is 0.571. The first-order valence-electron chi connectivity index (χ1n) is 7.70. The quantitative estimate of drug-likeness (QED) is 0.549. The van der Waals surface area contributed by atoms with Crippen LogP contribution in [-0.2, 0) is 9.53 Å². The predicted octanol–water partition coefficient (Wildman–Crippen LogP) is 1.36. The van der Waals surface area contributed by atoms with Crippen LogP contribution in [0.15, 0.2) is 11.5 Å². The maximum absolute atomic E-state index is 11.2. The summed E-state index contributed by atoms with van der Waals surface area (Å²) >= 11 is 1.18. The summed E-state index contributed by atoms with van der Waals surface area (Å²) in [4.78, 5) is 28.4. The van der Waals surface area contributed by atoms with Crippen molar-refractivity contribution in [1.29, 1.82) is 0 Å². The summed E-state index contributed by atoms with van der Waals surface area (Å²) in [7, 11) is 1.34. The van der Waals surface area contributed by atoms with Crippen molar-refractivity contribution in [2.75, 3.05) is 30.0 Å². The van der Waals surface area contributed by atoms with Crippen LogP contribution in [-0.4, -0.2) is 60.6 Å². The topological polar surface area (TPSA) is 120 Å². The number of nitrogens with one attached hydrogen (secondary N) is 2. The Kier molecular flexibility index (Phi) is 6.12. The number of anilines is 2. The molecule has 0 unspecified atom stereocenters. The molecule has 2 aromatic heterocycles. The molecule has 2 aromatic rings. The molecule has 0 fully saturated rings. The van der Waals surface area contributed by atoms with Crippen LogP contribution in [0.4, 0.5) is 11.9 Å². The number of nitrogens with zero attached hydrogens (tertiary/aromatic N) is 6. The maximum Gasteiger partial charge on any atom is 0.316 e. The Morgan fingerprint density at radius 2 is 2.00 bits per heavy atom. The lowest BCUT2D eigenvalue weighted by Crippen LogP contribution is -2.28. The van der Waals surface area contributed by atoms with E-state index >= 15 is 0 Å². The van der Waals surface area contributed by atoms with E-state index in [1.54, 1.807) is 0 Å². The van der Waals surface area contributed by atoms with E-state index in [1.807, 2.05) is 27.7 Å². The number of carbonyl (C=O) groups excluding carboxylic acids is 1. The summed E-state index contributed by atoms with van der Waals surface area (Å²) in [6, 6.07) is 0. The molecule has 2 rings (SSSR count). The summed E-state index contributed by atoms with van der Waals surface area (Å²) in [6.07, 6.45) is 1.49. The Balaban J connectivity index is 2.25. The first-order valence-corrected chi connectivity index (χ1v) is 8.69. The Labute approximate surface area is 150 Å². The molecule has 11 heteroatoms. The number of hydrogen-bond acceptors (Lipinski definition) is 10. The van der Waals surface area contributed by atoms with Crippen molar-refractivity contribution >= 4 is 29.6 Å². The van der Waals surface area contributed by atoms with Crippen molar-refractivity contribution < 1.29 is 9.53 Å². The number of thioether (sulfide) groups is 1. The van der Waals surface area contributed by atoms with Crippen LogP contribution < -0.4 is 10.6 Å². The zero-order valence-corrected chi connectivity index (χ0v) is 15.7. The highest BCUT2D eigenvalue weighted by molar-refractivity contribution is 7.99. The normalized spacial score (nSPS) is 11.2. The van der Waals surface area contributed by atoms with Crippen molar-refractivity contribution in [3.8, 4) is 5.95 Å². The molecule has 0 saturated carbocycles. The number of rotatable bonds is 7. The van der Waals surface area contributed by atoms with Crippen molar-refractivity contribution in [2.45, 2.75) is 38.4 Å². The third-order valence-electron chi connectivity index (χ3n) is 2.67. The van der Waals surface area contributed by atoms with Crippen molar-refractivity contribution in [2.24, 2.45) is 0 Å². The van der Waals surface area contributed by atoms with Gasteiger partial charge < -0.3 is 15.4 Å². The van der Waals surface area contributed by atoms with Crippen molar-refractivity contribution in [3.05, 3.63) is 6.33 Å². The third-order valence-corrected chi connectivity index (χ3v) is 3.49. The standard InChI is InChI=1S/C14H22N8O2S/c1-6-15-10-17-11(20-14(2,3)4)19-12(18-10)22-8-16-13(21-22)25-7-9(23)24-5/h8H,6-7H2,1-5H3,(H2,15,17,18,19,20). The Hall–Kier alpha value is -2.43. The minimum Gasteiger partial charge on any atom is -0.468 e. The average Bonchev–Trinajstić information content (AvgIpc) is 3.00. The lowest BCUT2D eigenvalue weighted by Gasteiger charge is -2.20. The summed E-state index contributed by atoms with van der Waals surface area (Å²) in [5.41, 5.74) is -0.202. The van der Waals surface area contributed by atoms with Gasteiger partial charge in [0.05, 0.1) is 12.9 Å². The van der Waals surface area contributed by atoms with Crippen LogP contribution >= 0.6 is 11.8 Å². The van der Waals surface area contributed by atoms with Gasteiger partial charge in [-0.15, -0.1) is 5.10 Å². The zero-order valence-electron chi connectivity index (χ0n) is 14.9. The van der Waals surface area contributed by atoms with Gasteiger partial charge in [0, 0.05) is 12.1 Å². The Morgan fingerprint density at radius 3 is 2.64 bits per heavy atom. The molecule has 25 heavy (non-hydrogen) atoms. The number of carbonyl (C=O) groups is 1. The molecule has 0 aliphatic carbocycles. The molecule has 0 saturated heterocycles. The molecule has 0 aliphatic rings. The van der Waals surface area contributed by atoms with E-state index in [2.05, 4.69) is 40.4 Å². The number of hydrogen-bond donors (Lipinski definition) is 2. The van der Waals surface area contributed by atoms with E-state index in [9.17, 15) is 4.79 Å². The van der Waals surface area contributed by atoms with Gasteiger partial charge in [-0.2, -0.15) is 19.6 Å². The van der Waals surface area contributed by atoms with E-state index in [0.29, 0.717) is 29.5 Å². The smallest absolute Gasteiger partial charge is 0.316 e. The van der Waals surface area contributed by atoms with E-state index < -0.39 is 0 Å². The minimum absolute atomic E-state index is 0.136. The van der Waals surface area contributed by atoms with Gasteiger partial charge in [-0.3, -0.25) is 4.79 Å². The Bertz CT molecular complexity index is 728. The molecule has 136 valence electrons. The molecule has 2 heterocycles. The summed E-state index contributed by atoms with van der Waals surface area (Å²) in [6.45, 7) is 8.68. The number of methoxy groups -OCH3 is 1. The lowest BCUT2D eigenvalue weighted by molar-refractivity contribution is -0.137. The molecule has 0 radical (unpaired) electrons. The highest BCUT2D eigenvalue weighted by atomic mass is 32.2. The molecule has 0 spiro atoms. The second kappa shape index (κ2) is 8.10. The van der Waals surface area contributed by atoms with Crippen LogP contribution in [0.5, 0.6) is 0 Å². The van der Waals surface area contributed by atoms with Gasteiger partial charge in [0.2, 0.25) is 17.1 Å². The number of aromatic nitrogens is 6. The highest BCUT2D eigenvalue weighted by Gasteiger charge is 2.16. The van der Waals surface area contributed by atoms with Crippen molar-refractivity contribution in [3.63, 3.8) is 0 Å². The molecule has 0 bridgehead atoms. The van der Waals surface area contributed by atoms with Crippen molar-refractivity contribution in [1.82, 2.24) is 29.7 Å². The second-order valence-corrected chi connectivity index (χ2v) is 6.97. The van der Waals surface area contributed by atoms with Gasteiger partial charge in [-0.1, -0.05) is 11.8 Å². The van der Waals surface area contributed by atoms with Crippen LogP contribution in [0.2, 0.25) is 0 Å². The van der Waals surface area contributed by atoms with E-state index in [4.69, 9.17) is 0 Å². The fourth-order valence-electron chi connectivity index (χ4n) is 1.69. The Morgan fingerprint density at radius 1 is 1.28 bits per heavy atom. The first-order chi connectivity index (χ1) is 11.8. The molecule has 0 aromatic carbocycles. The van der Waals surface area contributed by atoms with Gasteiger partial charge in [-0.25, -0.2) is 4.98 Å². The summed E-state index contributed by atoms with van der Waals surface area (Å²) < 4.78 is 6.04. The van der Waals surface area contributed by atoms with Crippen LogP contribution in [0.3, 0.4) is 0 Å². The van der Waals surface area contributed by atoms with Gasteiger partial charge in [0.1, 0.15) is 6.33 Å². The number of esters is 1. The van der Waals surface area contributed by atoms with Crippen LogP contribution in [0, 0.1) is 0 Å². The van der Waals surface area contributed by atoms with Crippen LogP contribution in [0.25, 0.3) is 5.95 Å². The second-order valence-electron chi connectivity index (χ2n) is 6.02. The van der Waals surface area contributed by atoms with E-state index in [-0.39, 0.29) is 17.3 Å². The molecule has 2 N–H and O–H groups in total. The SMILES string of the molecule is CCNc1nc(NC(C)(C)C)nc(-n2cnc(SCC(=O)OC)n2)n1. The largest absolute Gasteiger partial charge is 0.468 e. The van der Waals surface area contributed by atoms with Gasteiger partial charge >= 0.3 is 5.97 Å². The average molecular weight is 366 g/mol. The van der Waals surface area contributed by atoms with Gasteiger partial charge in [0.15, 0.2) is 0 Å². The van der Waals surface area contributed by atoms with Gasteiger partial charge in [-0.05, 0) is 27.7 Å². The lowest BCUT2D eigenvalue weighted by atomic mass is 10.1. The highest BCUT2D eigenvalue weighted by Crippen LogP contribution is 2.16. The maximum atomic E-state index is 11.2. The molecule has 0 amide bonds. The third kappa shape index (κ3) is 5.85. The number of ether oxygens (including phenoxy) is 1. The van der Waals surface area contributed by atoms with E-state index in [1.165, 1.54) is 29.9 Å². The fourth-order valence-corrected chi connectivity index (χ4v) is 2.32. The first kappa shape index (κ1) is 18.9. The zero-order chi connectivity index (χ0) is 18.4.